The number of nitrogens with zero attached hydrogens (tertiary/aromatic N) is 2. The third-order valence-electron chi connectivity index (χ3n) is 4.83. The quantitative estimate of drug-likeness (QED) is 0.937. The lowest BCUT2D eigenvalue weighted by molar-refractivity contribution is 0.0948. The molecule has 1 saturated carbocycles. The van der Waals surface area contributed by atoms with E-state index in [9.17, 15) is 9.18 Å². The van der Waals surface area contributed by atoms with Crippen molar-refractivity contribution in [3.63, 3.8) is 0 Å². The molecule has 1 N–H and O–H groups in total. The number of aromatic nitrogens is 2. The van der Waals surface area contributed by atoms with Crippen LogP contribution < -0.4 is 5.32 Å². The van der Waals surface area contributed by atoms with E-state index >= 15 is 0 Å². The number of rotatable bonds is 4. The van der Waals surface area contributed by atoms with E-state index in [1.54, 1.807) is 23.0 Å². The van der Waals surface area contributed by atoms with E-state index in [0.29, 0.717) is 24.3 Å². The minimum absolute atomic E-state index is 0.0118. The van der Waals surface area contributed by atoms with Crippen LogP contribution >= 0.6 is 0 Å². The second-order valence-electron chi connectivity index (χ2n) is 6.61. The molecule has 2 aromatic rings. The first-order chi connectivity index (χ1) is 11.6. The van der Waals surface area contributed by atoms with Crippen molar-refractivity contribution >= 4 is 5.91 Å². The molecule has 1 saturated heterocycles. The number of hydrogen-bond donors (Lipinski definition) is 1. The van der Waals surface area contributed by atoms with Gasteiger partial charge in [-0.2, -0.15) is 5.10 Å². The fourth-order valence-corrected chi connectivity index (χ4v) is 3.45. The van der Waals surface area contributed by atoms with Crippen LogP contribution in [0.15, 0.2) is 30.5 Å². The summed E-state index contributed by atoms with van der Waals surface area (Å²) in [5, 5.41) is 7.47. The second kappa shape index (κ2) is 6.02. The van der Waals surface area contributed by atoms with Crippen LogP contribution in [0.25, 0.3) is 0 Å². The minimum atomic E-state index is -0.204. The Morgan fingerprint density at radius 3 is 3.00 bits per heavy atom. The van der Waals surface area contributed by atoms with Gasteiger partial charge in [0.25, 0.3) is 5.91 Å². The van der Waals surface area contributed by atoms with Crippen LogP contribution in [-0.4, -0.2) is 34.9 Å². The zero-order valence-electron chi connectivity index (χ0n) is 13.5. The van der Waals surface area contributed by atoms with Crippen LogP contribution in [0.4, 0.5) is 4.39 Å². The summed E-state index contributed by atoms with van der Waals surface area (Å²) in [7, 11) is 1.81. The van der Waals surface area contributed by atoms with E-state index < -0.39 is 0 Å². The third kappa shape index (κ3) is 2.82. The molecule has 3 unspecified atom stereocenters. The highest BCUT2D eigenvalue weighted by Gasteiger charge is 2.41. The Morgan fingerprint density at radius 2 is 2.25 bits per heavy atom. The number of aryl methyl sites for hydroxylation is 1. The van der Waals surface area contributed by atoms with Crippen LogP contribution in [0.2, 0.25) is 0 Å². The summed E-state index contributed by atoms with van der Waals surface area (Å²) in [5.41, 5.74) is 2.08. The van der Waals surface area contributed by atoms with Crippen LogP contribution in [0, 0.1) is 5.82 Å². The fraction of sp³-hybridized carbons (Fsp3) is 0.444. The Kier molecular flexibility index (Phi) is 3.84. The Bertz CT molecular complexity index is 767. The largest absolute Gasteiger partial charge is 0.381 e. The van der Waals surface area contributed by atoms with E-state index in [1.807, 2.05) is 13.1 Å². The number of halogens is 1. The first-order valence-corrected chi connectivity index (χ1v) is 8.30. The molecule has 2 fully saturated rings. The first kappa shape index (κ1) is 15.3. The van der Waals surface area contributed by atoms with Crippen molar-refractivity contribution in [1.29, 1.82) is 0 Å². The summed E-state index contributed by atoms with van der Waals surface area (Å²) in [5.74, 6) is -0.100. The van der Waals surface area contributed by atoms with Crippen molar-refractivity contribution in [3.8, 4) is 0 Å². The highest BCUT2D eigenvalue weighted by molar-refractivity contribution is 5.95. The summed E-state index contributed by atoms with van der Waals surface area (Å²) >= 11 is 0. The number of hydrogen-bond acceptors (Lipinski definition) is 3. The molecule has 1 amide bonds. The van der Waals surface area contributed by atoms with Gasteiger partial charge < -0.3 is 10.1 Å². The zero-order valence-corrected chi connectivity index (χ0v) is 13.5. The van der Waals surface area contributed by atoms with Gasteiger partial charge in [-0.3, -0.25) is 9.48 Å². The highest BCUT2D eigenvalue weighted by Crippen LogP contribution is 2.42. The number of carbonyl (C=O) groups excluding carboxylic acids is 1. The number of nitrogens with one attached hydrogen (secondary N) is 1. The Balaban J connectivity index is 1.47. The molecule has 1 aromatic heterocycles. The molecule has 6 heteroatoms. The van der Waals surface area contributed by atoms with Gasteiger partial charge >= 0.3 is 0 Å². The van der Waals surface area contributed by atoms with Gasteiger partial charge in [-0.1, -0.05) is 18.2 Å². The van der Waals surface area contributed by atoms with Gasteiger partial charge in [-0.05, 0) is 24.5 Å². The Hall–Kier alpha value is -2.21. The fourth-order valence-electron chi connectivity index (χ4n) is 3.45. The highest BCUT2D eigenvalue weighted by atomic mass is 19.1. The molecule has 1 aromatic carbocycles. The molecule has 1 aliphatic heterocycles. The van der Waals surface area contributed by atoms with Crippen molar-refractivity contribution < 1.29 is 13.9 Å². The maximum Gasteiger partial charge on any atom is 0.255 e. The number of ether oxygens (including phenoxy) is 1. The van der Waals surface area contributed by atoms with Crippen molar-refractivity contribution in [2.45, 2.75) is 30.7 Å². The number of amides is 1. The zero-order chi connectivity index (χ0) is 16.7. The molecule has 5 nitrogen and oxygen atoms in total. The predicted molar refractivity (Wildman–Crippen MR) is 86.4 cm³/mol. The van der Waals surface area contributed by atoms with Crippen molar-refractivity contribution in [2.24, 2.45) is 7.05 Å². The molecule has 0 radical (unpaired) electrons. The molecule has 24 heavy (non-hydrogen) atoms. The van der Waals surface area contributed by atoms with Crippen LogP contribution in [0.3, 0.4) is 0 Å². The number of carbonyl (C=O) groups is 1. The SMILES string of the molecule is Cn1cc(C(=O)NC2CC2c2ccccc2F)c(C2CCOC2)n1. The van der Waals surface area contributed by atoms with Gasteiger partial charge in [0.2, 0.25) is 0 Å². The summed E-state index contributed by atoms with van der Waals surface area (Å²) in [6.45, 7) is 1.32. The molecule has 0 bridgehead atoms. The standard InChI is InChI=1S/C18H20FN3O2/c1-22-9-14(17(21-22)11-6-7-24-10-11)18(23)20-16-8-13(16)12-4-2-3-5-15(12)19/h2-5,9,11,13,16H,6-8,10H2,1H3,(H,20,23). The first-order valence-electron chi connectivity index (χ1n) is 8.30. The van der Waals surface area contributed by atoms with Gasteiger partial charge in [-0.25, -0.2) is 4.39 Å². The summed E-state index contributed by atoms with van der Waals surface area (Å²) < 4.78 is 20.9. The van der Waals surface area contributed by atoms with Gasteiger partial charge in [0.15, 0.2) is 0 Å². The molecule has 2 aliphatic rings. The second-order valence-corrected chi connectivity index (χ2v) is 6.61. The topological polar surface area (TPSA) is 56.2 Å². The lowest BCUT2D eigenvalue weighted by Gasteiger charge is -2.08. The predicted octanol–water partition coefficient (Wildman–Crippen LogP) is 2.35. The molecule has 0 spiro atoms. The van der Waals surface area contributed by atoms with E-state index in [-0.39, 0.29) is 29.6 Å². The molecule has 2 heterocycles. The van der Waals surface area contributed by atoms with E-state index in [0.717, 1.165) is 18.5 Å². The van der Waals surface area contributed by atoms with Crippen LogP contribution in [0.5, 0.6) is 0 Å². The van der Waals surface area contributed by atoms with Crippen molar-refractivity contribution in [1.82, 2.24) is 15.1 Å². The van der Waals surface area contributed by atoms with Crippen molar-refractivity contribution in [3.05, 3.63) is 53.1 Å². The minimum Gasteiger partial charge on any atom is -0.381 e. The van der Waals surface area contributed by atoms with Crippen LogP contribution in [0.1, 0.15) is 46.3 Å². The van der Waals surface area contributed by atoms with Crippen molar-refractivity contribution in [2.75, 3.05) is 13.2 Å². The van der Waals surface area contributed by atoms with Gasteiger partial charge in [0, 0.05) is 37.7 Å². The lowest BCUT2D eigenvalue weighted by atomic mass is 10.0. The third-order valence-corrected chi connectivity index (χ3v) is 4.83. The van der Waals surface area contributed by atoms with E-state index in [4.69, 9.17) is 4.74 Å². The van der Waals surface area contributed by atoms with Crippen LogP contribution in [-0.2, 0) is 11.8 Å². The van der Waals surface area contributed by atoms with Gasteiger partial charge in [0.05, 0.1) is 17.9 Å². The Morgan fingerprint density at radius 1 is 1.42 bits per heavy atom. The molecule has 1 aliphatic carbocycles. The molecule has 4 rings (SSSR count). The van der Waals surface area contributed by atoms with E-state index in [1.165, 1.54) is 6.07 Å². The smallest absolute Gasteiger partial charge is 0.255 e. The average Bonchev–Trinajstić information content (AvgIpc) is 2.98. The van der Waals surface area contributed by atoms with E-state index in [2.05, 4.69) is 10.4 Å². The average molecular weight is 329 g/mol. The number of benzene rings is 1. The van der Waals surface area contributed by atoms with Gasteiger partial charge in [-0.15, -0.1) is 0 Å². The summed E-state index contributed by atoms with van der Waals surface area (Å²) in [4.78, 5) is 12.6. The summed E-state index contributed by atoms with van der Waals surface area (Å²) in [6.07, 6.45) is 3.41. The molecule has 126 valence electrons. The molecule has 3 atom stereocenters. The monoisotopic (exact) mass is 329 g/mol. The summed E-state index contributed by atoms with van der Waals surface area (Å²) in [6, 6.07) is 6.75. The normalized spacial score (nSPS) is 25.7. The molecular formula is C18H20FN3O2. The maximum absolute atomic E-state index is 13.8. The molecular weight excluding hydrogens is 309 g/mol. The van der Waals surface area contributed by atoms with Gasteiger partial charge in [0.1, 0.15) is 5.82 Å². The Labute approximate surface area is 139 Å². The maximum atomic E-state index is 13.8. The lowest BCUT2D eigenvalue weighted by Crippen LogP contribution is -2.27.